The van der Waals surface area contributed by atoms with E-state index in [0.29, 0.717) is 22.8 Å². The molecule has 164 valence electrons. The number of hydrogen-bond donors (Lipinski definition) is 1. The summed E-state index contributed by atoms with van der Waals surface area (Å²) >= 11 is 1.27. The molecule has 4 rings (SSSR count). The zero-order chi connectivity index (χ0) is 23.4. The highest BCUT2D eigenvalue weighted by atomic mass is 32.2. The fourth-order valence-corrected chi connectivity index (χ4v) is 4.88. The van der Waals surface area contributed by atoms with Crippen molar-refractivity contribution in [2.45, 2.75) is 25.5 Å². The third kappa shape index (κ3) is 5.00. The topological polar surface area (TPSA) is 73.2 Å². The number of nitrogens with one attached hydrogen (secondary N) is 1. The fraction of sp³-hybridized carbons (Fsp3) is 0.148. The molecule has 1 fully saturated rings. The maximum absolute atomic E-state index is 13.5. The van der Waals surface area contributed by atoms with Gasteiger partial charge >= 0.3 is 0 Å². The number of nitrogens with zero attached hydrogens (tertiary/aromatic N) is 2. The van der Waals surface area contributed by atoms with Crippen molar-refractivity contribution < 1.29 is 9.59 Å². The van der Waals surface area contributed by atoms with E-state index >= 15 is 0 Å². The van der Waals surface area contributed by atoms with Gasteiger partial charge in [-0.05, 0) is 50.1 Å². The first-order valence-corrected chi connectivity index (χ1v) is 11.5. The van der Waals surface area contributed by atoms with Crippen LogP contribution in [0.25, 0.3) is 0 Å². The Labute approximate surface area is 197 Å². The smallest absolute Gasteiger partial charge is 0.269 e. The number of carbonyl (C=O) groups is 2. The molecule has 3 aromatic carbocycles. The Morgan fingerprint density at radius 1 is 0.970 bits per heavy atom. The zero-order valence-corrected chi connectivity index (χ0v) is 19.2. The molecule has 1 N–H and O–H groups in total. The van der Waals surface area contributed by atoms with E-state index in [1.54, 1.807) is 24.3 Å². The van der Waals surface area contributed by atoms with Gasteiger partial charge in [-0.3, -0.25) is 14.5 Å². The molecule has 0 saturated carbocycles. The van der Waals surface area contributed by atoms with E-state index in [1.807, 2.05) is 74.5 Å². The van der Waals surface area contributed by atoms with Crippen molar-refractivity contribution in [2.24, 2.45) is 0 Å². The number of hydrogen-bond acceptors (Lipinski definition) is 4. The van der Waals surface area contributed by atoms with Gasteiger partial charge in [-0.25, -0.2) is 0 Å². The molecule has 1 atom stereocenters. The van der Waals surface area contributed by atoms with Crippen molar-refractivity contribution in [3.63, 3.8) is 0 Å². The van der Waals surface area contributed by atoms with Crippen molar-refractivity contribution in [3.05, 3.63) is 106 Å². The average Bonchev–Trinajstić information content (AvgIpc) is 3.12. The number of anilines is 2. The lowest BCUT2D eigenvalue weighted by atomic mass is 10.1. The van der Waals surface area contributed by atoms with Gasteiger partial charge in [-0.2, -0.15) is 5.26 Å². The third-order valence-electron chi connectivity index (χ3n) is 5.37. The molecule has 0 spiro atoms. The molecule has 0 unspecified atom stereocenters. The van der Waals surface area contributed by atoms with Gasteiger partial charge in [0.1, 0.15) is 16.7 Å². The second-order valence-electron chi connectivity index (χ2n) is 7.92. The van der Waals surface area contributed by atoms with Crippen LogP contribution in [0.15, 0.2) is 89.5 Å². The van der Waals surface area contributed by atoms with Crippen LogP contribution >= 0.6 is 11.8 Å². The van der Waals surface area contributed by atoms with Crippen LogP contribution in [-0.2, 0) is 16.0 Å². The minimum atomic E-state index is -0.535. The van der Waals surface area contributed by atoms with Crippen molar-refractivity contribution in [3.8, 4) is 6.07 Å². The molecule has 1 aliphatic heterocycles. The van der Waals surface area contributed by atoms with E-state index < -0.39 is 11.2 Å². The van der Waals surface area contributed by atoms with Crippen LogP contribution < -0.4 is 10.2 Å². The number of nitriles is 1. The first-order chi connectivity index (χ1) is 16.0. The highest BCUT2D eigenvalue weighted by Crippen LogP contribution is 2.42. The van der Waals surface area contributed by atoms with Crippen LogP contribution in [0.2, 0.25) is 0 Å². The molecular weight excluding hydrogens is 430 g/mol. The summed E-state index contributed by atoms with van der Waals surface area (Å²) in [4.78, 5) is 28.0. The van der Waals surface area contributed by atoms with Crippen LogP contribution in [0.4, 0.5) is 11.4 Å². The second kappa shape index (κ2) is 9.76. The number of aryl methyl sites for hydroxylation is 2. The Kier molecular flexibility index (Phi) is 6.62. The average molecular weight is 454 g/mol. The molecule has 3 aromatic rings. The molecule has 0 radical (unpaired) electrons. The summed E-state index contributed by atoms with van der Waals surface area (Å²) in [5, 5.41) is 12.6. The molecule has 0 aliphatic carbocycles. The predicted molar refractivity (Wildman–Crippen MR) is 133 cm³/mol. The van der Waals surface area contributed by atoms with E-state index in [2.05, 4.69) is 5.32 Å². The summed E-state index contributed by atoms with van der Waals surface area (Å²) in [5.41, 5.74) is 4.38. The van der Waals surface area contributed by atoms with Crippen molar-refractivity contribution in [1.82, 2.24) is 0 Å². The highest BCUT2D eigenvalue weighted by Gasteiger charge is 2.40. The van der Waals surface area contributed by atoms with Gasteiger partial charge in [-0.1, -0.05) is 77.5 Å². The van der Waals surface area contributed by atoms with Crippen LogP contribution in [0.5, 0.6) is 0 Å². The predicted octanol–water partition coefficient (Wildman–Crippen LogP) is 5.37. The Morgan fingerprint density at radius 3 is 2.18 bits per heavy atom. The number of para-hydroxylation sites is 1. The van der Waals surface area contributed by atoms with Crippen molar-refractivity contribution >= 4 is 35.0 Å². The maximum Gasteiger partial charge on any atom is 0.269 e. The number of carbonyl (C=O) groups excluding carboxylic acids is 2. The number of benzene rings is 3. The molecule has 5 nitrogen and oxygen atoms in total. The minimum absolute atomic E-state index is 0.0795. The lowest BCUT2D eigenvalue weighted by Crippen LogP contribution is -2.30. The number of thioether (sulfide) groups is 1. The fourth-order valence-electron chi connectivity index (χ4n) is 3.57. The first kappa shape index (κ1) is 22.4. The molecule has 0 aromatic heterocycles. The summed E-state index contributed by atoms with van der Waals surface area (Å²) in [6, 6.07) is 26.6. The summed E-state index contributed by atoms with van der Waals surface area (Å²) in [6.45, 7) is 3.99. The number of rotatable bonds is 5. The van der Waals surface area contributed by atoms with Crippen LogP contribution in [0.3, 0.4) is 0 Å². The molecule has 0 bridgehead atoms. The van der Waals surface area contributed by atoms with Crippen molar-refractivity contribution in [2.75, 3.05) is 10.2 Å². The summed E-state index contributed by atoms with van der Waals surface area (Å²) in [6.07, 6.45) is 0.509. The van der Waals surface area contributed by atoms with Gasteiger partial charge in [0.05, 0.1) is 5.25 Å². The van der Waals surface area contributed by atoms with Gasteiger partial charge in [-0.15, -0.1) is 0 Å². The Hall–Kier alpha value is -3.82. The third-order valence-corrected chi connectivity index (χ3v) is 6.63. The van der Waals surface area contributed by atoms with E-state index in [9.17, 15) is 14.9 Å². The summed E-state index contributed by atoms with van der Waals surface area (Å²) in [5.74, 6) is -0.674. The lowest BCUT2D eigenvalue weighted by molar-refractivity contribution is -0.117. The molecule has 33 heavy (non-hydrogen) atoms. The molecular formula is C27H23N3O2S. The SMILES string of the molecule is Cc1ccc(C[C@@H]2S/C(=C(/C#N)C(=O)Nc3ccccc3)N(c3ccc(C)cc3)C2=O)cc1. The van der Waals surface area contributed by atoms with E-state index in [-0.39, 0.29) is 11.5 Å². The summed E-state index contributed by atoms with van der Waals surface area (Å²) in [7, 11) is 0. The Morgan fingerprint density at radius 2 is 1.58 bits per heavy atom. The first-order valence-electron chi connectivity index (χ1n) is 10.6. The minimum Gasteiger partial charge on any atom is -0.321 e. The lowest BCUT2D eigenvalue weighted by Gasteiger charge is -2.19. The zero-order valence-electron chi connectivity index (χ0n) is 18.4. The normalized spacial score (nSPS) is 16.9. The second-order valence-corrected chi connectivity index (χ2v) is 9.11. The monoisotopic (exact) mass is 453 g/mol. The molecule has 1 aliphatic rings. The maximum atomic E-state index is 13.5. The molecule has 1 saturated heterocycles. The van der Waals surface area contributed by atoms with Gasteiger partial charge in [0.15, 0.2) is 0 Å². The van der Waals surface area contributed by atoms with Crippen LogP contribution in [0, 0.1) is 25.2 Å². The largest absolute Gasteiger partial charge is 0.321 e. The Balaban J connectivity index is 1.72. The van der Waals surface area contributed by atoms with Gasteiger partial charge in [0.2, 0.25) is 5.91 Å². The molecule has 2 amide bonds. The van der Waals surface area contributed by atoms with Gasteiger partial charge < -0.3 is 5.32 Å². The van der Waals surface area contributed by atoms with Crippen LogP contribution in [-0.4, -0.2) is 17.1 Å². The Bertz CT molecular complexity index is 1240. The van der Waals surface area contributed by atoms with Crippen LogP contribution in [0.1, 0.15) is 16.7 Å². The molecule has 6 heteroatoms. The van der Waals surface area contributed by atoms with E-state index in [0.717, 1.165) is 16.7 Å². The standard InChI is InChI=1S/C27H23N3O2S/c1-18-8-12-20(13-9-18)16-24-26(32)30(22-14-10-19(2)11-15-22)27(33-24)23(17-28)25(31)29-21-6-4-3-5-7-21/h3-15,24H,16H2,1-2H3,(H,29,31)/b27-23-/t24-/m0/s1. The van der Waals surface area contributed by atoms with Gasteiger partial charge in [0, 0.05) is 11.4 Å². The van der Waals surface area contributed by atoms with E-state index in [4.69, 9.17) is 0 Å². The van der Waals surface area contributed by atoms with Gasteiger partial charge in [0.25, 0.3) is 5.91 Å². The number of amides is 2. The quantitative estimate of drug-likeness (QED) is 0.416. The van der Waals surface area contributed by atoms with Crippen molar-refractivity contribution in [1.29, 1.82) is 5.26 Å². The summed E-state index contributed by atoms with van der Waals surface area (Å²) < 4.78 is 0. The highest BCUT2D eigenvalue weighted by molar-refractivity contribution is 8.05. The molecule has 1 heterocycles. The van der Waals surface area contributed by atoms with E-state index in [1.165, 1.54) is 16.7 Å².